The lowest BCUT2D eigenvalue weighted by atomic mass is 10.1. The van der Waals surface area contributed by atoms with Gasteiger partial charge in [-0.2, -0.15) is 0 Å². The van der Waals surface area contributed by atoms with Crippen molar-refractivity contribution in [3.05, 3.63) is 124 Å². The number of hydrogen-bond acceptors (Lipinski definition) is 8. The smallest absolute Gasteiger partial charge is 0.288 e. The monoisotopic (exact) mass is 675 g/mol. The van der Waals surface area contributed by atoms with Crippen molar-refractivity contribution in [1.29, 1.82) is 0 Å². The Hall–Kier alpha value is -3.83. The van der Waals surface area contributed by atoms with Gasteiger partial charge in [0.1, 0.15) is 30.8 Å². The van der Waals surface area contributed by atoms with Gasteiger partial charge < -0.3 is 24.8 Å². The number of carbonyl (C=O) groups excluding carboxylic acids is 2. The molecule has 10 heteroatoms. The van der Waals surface area contributed by atoms with Crippen LogP contribution in [0.1, 0.15) is 16.7 Å². The van der Waals surface area contributed by atoms with Crippen molar-refractivity contribution in [2.75, 3.05) is 24.6 Å². The highest BCUT2D eigenvalue weighted by Gasteiger charge is 2.36. The Morgan fingerprint density at radius 1 is 0.841 bits per heavy atom. The van der Waals surface area contributed by atoms with E-state index in [-0.39, 0.29) is 17.8 Å². The summed E-state index contributed by atoms with van der Waals surface area (Å²) in [4.78, 5) is 26.3. The molecule has 3 N–H and O–H groups in total. The minimum Gasteiger partial charge on any atom is -0.491 e. The third kappa shape index (κ3) is 9.33. The average Bonchev–Trinajstić information content (AvgIpc) is 3.39. The minimum absolute atomic E-state index is 0.176. The maximum Gasteiger partial charge on any atom is 0.288 e. The summed E-state index contributed by atoms with van der Waals surface area (Å²) in [7, 11) is 0. The molecule has 228 valence electrons. The number of benzene rings is 4. The third-order valence-corrected chi connectivity index (χ3v) is 8.51. The largest absolute Gasteiger partial charge is 0.491 e. The Morgan fingerprint density at radius 3 is 2.16 bits per heavy atom. The third-order valence-electron chi connectivity index (χ3n) is 6.97. The summed E-state index contributed by atoms with van der Waals surface area (Å²) in [5.41, 5.74) is 4.11. The molecule has 0 spiro atoms. The van der Waals surface area contributed by atoms with Crippen LogP contribution in [0.2, 0.25) is 0 Å². The fourth-order valence-electron chi connectivity index (χ4n) is 4.63. The Balaban J connectivity index is 1.04. The summed E-state index contributed by atoms with van der Waals surface area (Å²) in [6.45, 7) is 2.25. The maximum absolute atomic E-state index is 12.5. The Bertz CT molecular complexity index is 1510. The Morgan fingerprint density at radius 2 is 1.50 bits per heavy atom. The number of nitrogens with zero attached hydrogens (tertiary/aromatic N) is 1. The molecule has 0 saturated carbocycles. The molecule has 4 aromatic carbocycles. The number of hydrogen-bond donors (Lipinski definition) is 3. The van der Waals surface area contributed by atoms with E-state index in [0.29, 0.717) is 32.0 Å². The second kappa shape index (κ2) is 15.8. The molecule has 8 nitrogen and oxygen atoms in total. The number of rotatable bonds is 15. The summed E-state index contributed by atoms with van der Waals surface area (Å²) in [5, 5.41) is 15.1. The van der Waals surface area contributed by atoms with Crippen LogP contribution in [0.4, 0.5) is 10.5 Å². The van der Waals surface area contributed by atoms with Crippen molar-refractivity contribution in [3.8, 4) is 11.5 Å². The molecule has 2 atom stereocenters. The number of halogens is 1. The van der Waals surface area contributed by atoms with Gasteiger partial charge >= 0.3 is 0 Å². The summed E-state index contributed by atoms with van der Waals surface area (Å²) in [6, 6.07) is 33.3. The molecule has 4 aromatic rings. The van der Waals surface area contributed by atoms with Crippen LogP contribution in [0, 0.1) is 0 Å². The quantitative estimate of drug-likeness (QED) is 0.134. The van der Waals surface area contributed by atoms with Crippen molar-refractivity contribution in [2.45, 2.75) is 31.1 Å². The number of aliphatic hydroxyl groups is 1. The van der Waals surface area contributed by atoms with E-state index in [1.807, 2.05) is 108 Å². The molecular formula is C34H34BrN3O5S. The summed E-state index contributed by atoms with van der Waals surface area (Å²) >= 11 is 4.45. The zero-order valence-corrected chi connectivity index (χ0v) is 26.4. The second-order valence-corrected chi connectivity index (χ2v) is 12.3. The van der Waals surface area contributed by atoms with E-state index < -0.39 is 11.5 Å². The van der Waals surface area contributed by atoms with Gasteiger partial charge in [-0.3, -0.25) is 14.9 Å². The van der Waals surface area contributed by atoms with Gasteiger partial charge in [-0.15, -0.1) is 0 Å². The van der Waals surface area contributed by atoms with Gasteiger partial charge in [-0.25, -0.2) is 0 Å². The molecule has 2 unspecified atom stereocenters. The number of anilines is 1. The van der Waals surface area contributed by atoms with Crippen molar-refractivity contribution in [1.82, 2.24) is 10.6 Å². The SMILES string of the molecule is O=C1NC(=O)C(N(Cc2ccc(Br)cc2)c2ccc(CCNCC(O)COc3ccc(OCc4ccccc4)cc3)cc2)S1. The van der Waals surface area contributed by atoms with Crippen LogP contribution in [-0.2, 0) is 24.4 Å². The second-order valence-electron chi connectivity index (χ2n) is 10.3. The summed E-state index contributed by atoms with van der Waals surface area (Å²) in [6.07, 6.45) is 0.110. The lowest BCUT2D eigenvalue weighted by Crippen LogP contribution is -2.39. The zero-order valence-electron chi connectivity index (χ0n) is 24.0. The lowest BCUT2D eigenvalue weighted by molar-refractivity contribution is -0.119. The molecule has 44 heavy (non-hydrogen) atoms. The van der Waals surface area contributed by atoms with E-state index in [1.54, 1.807) is 0 Å². The highest BCUT2D eigenvalue weighted by atomic mass is 79.9. The van der Waals surface area contributed by atoms with Crippen LogP contribution < -0.4 is 25.0 Å². The molecule has 2 amide bonds. The van der Waals surface area contributed by atoms with E-state index in [4.69, 9.17) is 9.47 Å². The highest BCUT2D eigenvalue weighted by Crippen LogP contribution is 2.30. The standard InChI is InChI=1S/C34H34BrN3O5S/c35-27-10-6-25(7-11-27)21-38(33-32(40)37-34(41)44-33)28-12-8-24(9-13-28)18-19-36-20-29(39)23-43-31-16-14-30(15-17-31)42-22-26-4-2-1-3-5-26/h1-17,29,33,36,39H,18-23H2,(H,37,40,41). The van der Waals surface area contributed by atoms with Crippen LogP contribution in [0.15, 0.2) is 108 Å². The lowest BCUT2D eigenvalue weighted by Gasteiger charge is -2.28. The first-order valence-electron chi connectivity index (χ1n) is 14.3. The van der Waals surface area contributed by atoms with Crippen LogP contribution >= 0.6 is 27.7 Å². The van der Waals surface area contributed by atoms with Gasteiger partial charge in [0.15, 0.2) is 5.37 Å². The predicted octanol–water partition coefficient (Wildman–Crippen LogP) is 5.92. The predicted molar refractivity (Wildman–Crippen MR) is 177 cm³/mol. The normalized spacial score (nSPS) is 15.1. The number of carbonyl (C=O) groups is 2. The molecule has 0 bridgehead atoms. The maximum atomic E-state index is 12.5. The number of nitrogens with one attached hydrogen (secondary N) is 2. The molecule has 1 aliphatic rings. The Kier molecular flexibility index (Phi) is 11.3. The number of amides is 2. The summed E-state index contributed by atoms with van der Waals surface area (Å²) in [5.74, 6) is 1.12. The van der Waals surface area contributed by atoms with Crippen molar-refractivity contribution in [2.24, 2.45) is 0 Å². The Labute approximate surface area is 269 Å². The minimum atomic E-state index is -0.656. The van der Waals surface area contributed by atoms with Gasteiger partial charge in [0.25, 0.3) is 11.1 Å². The number of thioether (sulfide) groups is 1. The van der Waals surface area contributed by atoms with Crippen LogP contribution in [0.3, 0.4) is 0 Å². The first-order chi connectivity index (χ1) is 21.4. The first-order valence-corrected chi connectivity index (χ1v) is 16.0. The van der Waals surface area contributed by atoms with Gasteiger partial charge in [0, 0.05) is 23.2 Å². The molecule has 0 aliphatic carbocycles. The molecule has 5 rings (SSSR count). The molecular weight excluding hydrogens is 642 g/mol. The zero-order chi connectivity index (χ0) is 30.7. The average molecular weight is 677 g/mol. The molecule has 1 fully saturated rings. The number of imide groups is 1. The summed E-state index contributed by atoms with van der Waals surface area (Å²) < 4.78 is 12.5. The van der Waals surface area contributed by atoms with Crippen molar-refractivity contribution < 1.29 is 24.2 Å². The van der Waals surface area contributed by atoms with Gasteiger partial charge in [0.2, 0.25) is 0 Å². The molecule has 1 saturated heterocycles. The van der Waals surface area contributed by atoms with Crippen molar-refractivity contribution in [3.63, 3.8) is 0 Å². The van der Waals surface area contributed by atoms with E-state index in [9.17, 15) is 14.7 Å². The van der Waals surface area contributed by atoms with E-state index in [1.165, 1.54) is 0 Å². The fourth-order valence-corrected chi connectivity index (χ4v) is 5.74. The van der Waals surface area contributed by atoms with E-state index in [0.717, 1.165) is 50.8 Å². The van der Waals surface area contributed by atoms with Crippen molar-refractivity contribution >= 4 is 44.5 Å². The fraction of sp³-hybridized carbons (Fsp3) is 0.235. The highest BCUT2D eigenvalue weighted by molar-refractivity contribution is 9.10. The molecule has 1 aliphatic heterocycles. The van der Waals surface area contributed by atoms with Crippen LogP contribution in [0.25, 0.3) is 0 Å². The van der Waals surface area contributed by atoms with Gasteiger partial charge in [-0.05, 0) is 89.9 Å². The van der Waals surface area contributed by atoms with Crippen LogP contribution in [0.5, 0.6) is 11.5 Å². The van der Waals surface area contributed by atoms with Crippen LogP contribution in [-0.4, -0.2) is 47.4 Å². The topological polar surface area (TPSA) is 100 Å². The molecule has 0 aromatic heterocycles. The van der Waals surface area contributed by atoms with E-state index >= 15 is 0 Å². The van der Waals surface area contributed by atoms with E-state index in [2.05, 4.69) is 26.6 Å². The number of ether oxygens (including phenoxy) is 2. The molecule has 1 heterocycles. The van der Waals surface area contributed by atoms with Gasteiger partial charge in [-0.1, -0.05) is 70.5 Å². The van der Waals surface area contributed by atoms with Gasteiger partial charge in [0.05, 0.1) is 0 Å². The molecule has 0 radical (unpaired) electrons. The first kappa shape index (κ1) is 31.6. The number of aliphatic hydroxyl groups excluding tert-OH is 1.